The molecular weight excluding hydrogens is 333 g/mol. The minimum Gasteiger partial charge on any atom is -0.467 e. The third-order valence-electron chi connectivity index (χ3n) is 4.42. The van der Waals surface area contributed by atoms with E-state index in [1.54, 1.807) is 12.5 Å². The largest absolute Gasteiger partial charge is 0.467 e. The van der Waals surface area contributed by atoms with E-state index in [0.717, 1.165) is 43.4 Å². The number of nitrogens with zero attached hydrogens (tertiary/aromatic N) is 4. The highest BCUT2D eigenvalue weighted by Gasteiger charge is 2.19. The van der Waals surface area contributed by atoms with E-state index < -0.39 is 0 Å². The van der Waals surface area contributed by atoms with Gasteiger partial charge in [0.25, 0.3) is 0 Å². The molecule has 0 saturated carbocycles. The number of piperazine rings is 1. The minimum atomic E-state index is -0.209. The van der Waals surface area contributed by atoms with Crippen LogP contribution in [-0.2, 0) is 6.54 Å². The molecule has 1 saturated heterocycles. The molecule has 2 aromatic heterocycles. The second-order valence-electron chi connectivity index (χ2n) is 6.13. The molecule has 0 spiro atoms. The van der Waals surface area contributed by atoms with E-state index in [1.807, 2.05) is 30.3 Å². The Kier molecular flexibility index (Phi) is 4.68. The molecule has 1 aliphatic heterocycles. The van der Waals surface area contributed by atoms with Crippen molar-refractivity contribution in [3.8, 4) is 0 Å². The summed E-state index contributed by atoms with van der Waals surface area (Å²) in [5, 5.41) is 3.25. The molecule has 1 fully saturated rings. The average molecular weight is 353 g/mol. The Morgan fingerprint density at radius 1 is 1.00 bits per heavy atom. The third-order valence-corrected chi connectivity index (χ3v) is 4.42. The van der Waals surface area contributed by atoms with Crippen LogP contribution in [0.15, 0.2) is 59.3 Å². The standard InChI is InChI=1S/C19H20FN5O/c20-15-3-5-16(6-4-15)24-9-11-25(12-10-24)19-21-8-7-18(23-19)22-14-17-2-1-13-26-17/h1-8,13H,9-12,14H2,(H,21,22,23). The number of nitrogens with one attached hydrogen (secondary N) is 1. The normalized spacial score (nSPS) is 14.5. The van der Waals surface area contributed by atoms with Gasteiger partial charge in [0.05, 0.1) is 12.8 Å². The molecule has 0 bridgehead atoms. The van der Waals surface area contributed by atoms with Gasteiger partial charge in [-0.1, -0.05) is 0 Å². The Bertz CT molecular complexity index is 829. The van der Waals surface area contributed by atoms with Crippen LogP contribution in [0.3, 0.4) is 0 Å². The Labute approximate surface area is 151 Å². The molecule has 4 rings (SSSR count). The van der Waals surface area contributed by atoms with E-state index >= 15 is 0 Å². The van der Waals surface area contributed by atoms with E-state index in [9.17, 15) is 4.39 Å². The lowest BCUT2D eigenvalue weighted by Crippen LogP contribution is -2.47. The highest BCUT2D eigenvalue weighted by atomic mass is 19.1. The van der Waals surface area contributed by atoms with Crippen molar-refractivity contribution < 1.29 is 8.81 Å². The quantitative estimate of drug-likeness (QED) is 0.760. The van der Waals surface area contributed by atoms with Gasteiger partial charge in [-0.15, -0.1) is 0 Å². The van der Waals surface area contributed by atoms with E-state index in [0.29, 0.717) is 12.5 Å². The average Bonchev–Trinajstić information content (AvgIpc) is 3.21. The summed E-state index contributed by atoms with van der Waals surface area (Å²) in [6.45, 7) is 3.91. The zero-order valence-corrected chi connectivity index (χ0v) is 14.3. The van der Waals surface area contributed by atoms with E-state index in [1.165, 1.54) is 12.1 Å². The summed E-state index contributed by atoms with van der Waals surface area (Å²) < 4.78 is 18.4. The van der Waals surface area contributed by atoms with Crippen molar-refractivity contribution >= 4 is 17.5 Å². The Hall–Kier alpha value is -3.09. The van der Waals surface area contributed by atoms with Crippen molar-refractivity contribution in [1.82, 2.24) is 9.97 Å². The molecule has 0 radical (unpaired) electrons. The maximum atomic E-state index is 13.1. The minimum absolute atomic E-state index is 0.209. The molecule has 7 heteroatoms. The lowest BCUT2D eigenvalue weighted by molar-refractivity contribution is 0.517. The van der Waals surface area contributed by atoms with Crippen molar-refractivity contribution in [2.75, 3.05) is 41.3 Å². The maximum Gasteiger partial charge on any atom is 0.227 e. The first kappa shape index (κ1) is 16.4. The number of anilines is 3. The highest BCUT2D eigenvalue weighted by Crippen LogP contribution is 2.19. The fourth-order valence-electron chi connectivity index (χ4n) is 3.01. The molecule has 6 nitrogen and oxygen atoms in total. The first-order valence-corrected chi connectivity index (χ1v) is 8.63. The summed E-state index contributed by atoms with van der Waals surface area (Å²) in [6.07, 6.45) is 3.42. The molecule has 0 amide bonds. The topological polar surface area (TPSA) is 57.4 Å². The summed E-state index contributed by atoms with van der Waals surface area (Å²) in [7, 11) is 0. The van der Waals surface area contributed by atoms with Crippen molar-refractivity contribution in [2.24, 2.45) is 0 Å². The molecule has 0 aliphatic carbocycles. The van der Waals surface area contributed by atoms with Crippen LogP contribution in [0.1, 0.15) is 5.76 Å². The van der Waals surface area contributed by atoms with Gasteiger partial charge >= 0.3 is 0 Å². The van der Waals surface area contributed by atoms with Crippen LogP contribution >= 0.6 is 0 Å². The molecular formula is C19H20FN5O. The maximum absolute atomic E-state index is 13.1. The van der Waals surface area contributed by atoms with Crippen molar-refractivity contribution in [1.29, 1.82) is 0 Å². The summed E-state index contributed by atoms with van der Waals surface area (Å²) in [5.41, 5.74) is 1.04. The van der Waals surface area contributed by atoms with Crippen LogP contribution in [0.4, 0.5) is 21.8 Å². The summed E-state index contributed by atoms with van der Waals surface area (Å²) in [6, 6.07) is 12.3. The van der Waals surface area contributed by atoms with E-state index in [4.69, 9.17) is 4.42 Å². The van der Waals surface area contributed by atoms with Gasteiger partial charge in [0.2, 0.25) is 5.95 Å². The number of aromatic nitrogens is 2. The van der Waals surface area contributed by atoms with Crippen LogP contribution < -0.4 is 15.1 Å². The molecule has 1 N–H and O–H groups in total. The SMILES string of the molecule is Fc1ccc(N2CCN(c3nccc(NCc4ccco4)n3)CC2)cc1. The van der Waals surface area contributed by atoms with Crippen LogP contribution in [0.2, 0.25) is 0 Å². The van der Waals surface area contributed by atoms with Gasteiger partial charge in [0, 0.05) is 38.1 Å². The van der Waals surface area contributed by atoms with Crippen molar-refractivity contribution in [3.05, 3.63) is 66.5 Å². The second-order valence-corrected chi connectivity index (χ2v) is 6.13. The number of hydrogen-bond acceptors (Lipinski definition) is 6. The number of furan rings is 1. The van der Waals surface area contributed by atoms with Crippen LogP contribution in [-0.4, -0.2) is 36.1 Å². The number of rotatable bonds is 5. The van der Waals surface area contributed by atoms with Gasteiger partial charge in [-0.3, -0.25) is 0 Å². The Morgan fingerprint density at radius 3 is 2.50 bits per heavy atom. The van der Waals surface area contributed by atoms with Gasteiger partial charge in [0.1, 0.15) is 17.4 Å². The van der Waals surface area contributed by atoms with Gasteiger partial charge in [-0.05, 0) is 42.5 Å². The van der Waals surface area contributed by atoms with Crippen LogP contribution in [0.5, 0.6) is 0 Å². The molecule has 1 aromatic carbocycles. The number of hydrogen-bond donors (Lipinski definition) is 1. The fraction of sp³-hybridized carbons (Fsp3) is 0.263. The highest BCUT2D eigenvalue weighted by molar-refractivity contribution is 5.49. The molecule has 26 heavy (non-hydrogen) atoms. The van der Waals surface area contributed by atoms with Gasteiger partial charge in [-0.2, -0.15) is 4.98 Å². The predicted octanol–water partition coefficient (Wildman–Crippen LogP) is 3.15. The summed E-state index contributed by atoms with van der Waals surface area (Å²) >= 11 is 0. The lowest BCUT2D eigenvalue weighted by Gasteiger charge is -2.36. The molecule has 0 atom stereocenters. The van der Waals surface area contributed by atoms with E-state index in [-0.39, 0.29) is 5.82 Å². The lowest BCUT2D eigenvalue weighted by atomic mass is 10.2. The van der Waals surface area contributed by atoms with Gasteiger partial charge in [-0.25, -0.2) is 9.37 Å². The zero-order valence-electron chi connectivity index (χ0n) is 14.3. The number of benzene rings is 1. The van der Waals surface area contributed by atoms with Crippen molar-refractivity contribution in [3.63, 3.8) is 0 Å². The molecule has 3 aromatic rings. The fourth-order valence-corrected chi connectivity index (χ4v) is 3.01. The Balaban J connectivity index is 1.36. The van der Waals surface area contributed by atoms with Gasteiger partial charge < -0.3 is 19.5 Å². The number of halogens is 1. The first-order chi connectivity index (χ1) is 12.8. The molecule has 0 unspecified atom stereocenters. The van der Waals surface area contributed by atoms with Crippen LogP contribution in [0.25, 0.3) is 0 Å². The first-order valence-electron chi connectivity index (χ1n) is 8.63. The monoisotopic (exact) mass is 353 g/mol. The van der Waals surface area contributed by atoms with Crippen LogP contribution in [0, 0.1) is 5.82 Å². The third kappa shape index (κ3) is 3.77. The van der Waals surface area contributed by atoms with Crippen molar-refractivity contribution in [2.45, 2.75) is 6.54 Å². The predicted molar refractivity (Wildman–Crippen MR) is 98.9 cm³/mol. The summed E-state index contributed by atoms with van der Waals surface area (Å²) in [4.78, 5) is 13.4. The molecule has 3 heterocycles. The smallest absolute Gasteiger partial charge is 0.227 e. The van der Waals surface area contributed by atoms with E-state index in [2.05, 4.69) is 25.1 Å². The second kappa shape index (κ2) is 7.43. The summed E-state index contributed by atoms with van der Waals surface area (Å²) in [5.74, 6) is 2.14. The molecule has 1 aliphatic rings. The molecule has 134 valence electrons. The van der Waals surface area contributed by atoms with Gasteiger partial charge in [0.15, 0.2) is 0 Å². The zero-order chi connectivity index (χ0) is 17.8. The Morgan fingerprint density at radius 2 is 1.77 bits per heavy atom.